The highest BCUT2D eigenvalue weighted by molar-refractivity contribution is 5.88. The van der Waals surface area contributed by atoms with Crippen molar-refractivity contribution in [2.45, 2.75) is 26.4 Å². The first-order valence-electron chi connectivity index (χ1n) is 8.96. The lowest BCUT2D eigenvalue weighted by molar-refractivity contribution is -0.127. The average molecular weight is 386 g/mol. The minimum atomic E-state index is -0.669. The maximum atomic E-state index is 12.3. The van der Waals surface area contributed by atoms with Gasteiger partial charge < -0.3 is 24.8 Å². The summed E-state index contributed by atoms with van der Waals surface area (Å²) in [6.45, 7) is 3.58. The van der Waals surface area contributed by atoms with Crippen LogP contribution in [0.4, 0.5) is 5.69 Å². The van der Waals surface area contributed by atoms with Crippen molar-refractivity contribution < 1.29 is 23.8 Å². The minimum absolute atomic E-state index is 0.168. The van der Waals surface area contributed by atoms with E-state index in [2.05, 4.69) is 10.6 Å². The van der Waals surface area contributed by atoms with Crippen molar-refractivity contribution >= 4 is 17.5 Å². The number of carbonyl (C=O) groups is 2. The second-order valence-corrected chi connectivity index (χ2v) is 6.20. The molecule has 2 aromatic carbocycles. The fraction of sp³-hybridized carbons (Fsp3) is 0.333. The normalized spacial score (nSPS) is 11.3. The first-order valence-corrected chi connectivity index (χ1v) is 8.96. The van der Waals surface area contributed by atoms with Crippen molar-refractivity contribution in [3.8, 4) is 17.2 Å². The Morgan fingerprint density at radius 3 is 2.46 bits per heavy atom. The number of hydrogen-bond donors (Lipinski definition) is 2. The number of hydrogen-bond acceptors (Lipinski definition) is 5. The highest BCUT2D eigenvalue weighted by Crippen LogP contribution is 2.27. The van der Waals surface area contributed by atoms with E-state index in [1.165, 1.54) is 6.92 Å². The fourth-order valence-corrected chi connectivity index (χ4v) is 2.62. The summed E-state index contributed by atoms with van der Waals surface area (Å²) < 4.78 is 16.2. The Morgan fingerprint density at radius 2 is 1.79 bits per heavy atom. The quantitative estimate of drug-likeness (QED) is 0.692. The predicted octanol–water partition coefficient (Wildman–Crippen LogP) is 2.79. The molecule has 0 fully saturated rings. The Balaban J connectivity index is 1.85. The molecule has 28 heavy (non-hydrogen) atoms. The molecule has 7 heteroatoms. The van der Waals surface area contributed by atoms with E-state index in [0.29, 0.717) is 35.9 Å². The van der Waals surface area contributed by atoms with Crippen LogP contribution in [-0.4, -0.2) is 38.7 Å². The molecule has 2 amide bonds. The molecule has 0 saturated heterocycles. The van der Waals surface area contributed by atoms with Crippen LogP contribution in [-0.2, 0) is 16.0 Å². The van der Waals surface area contributed by atoms with Gasteiger partial charge in [0.15, 0.2) is 17.6 Å². The summed E-state index contributed by atoms with van der Waals surface area (Å²) in [7, 11) is 3.17. The molecule has 0 aliphatic carbocycles. The summed E-state index contributed by atoms with van der Waals surface area (Å²) in [5.74, 6) is 1.44. The Morgan fingerprint density at radius 1 is 1.04 bits per heavy atom. The molecule has 0 bridgehead atoms. The molecule has 2 aromatic rings. The van der Waals surface area contributed by atoms with Crippen LogP contribution in [0.2, 0.25) is 0 Å². The van der Waals surface area contributed by atoms with Gasteiger partial charge in [0.05, 0.1) is 14.2 Å². The van der Waals surface area contributed by atoms with Crippen molar-refractivity contribution in [1.82, 2.24) is 5.32 Å². The summed E-state index contributed by atoms with van der Waals surface area (Å²) in [6.07, 6.45) is -0.0189. The molecule has 0 unspecified atom stereocenters. The van der Waals surface area contributed by atoms with Crippen LogP contribution in [0.25, 0.3) is 0 Å². The number of amides is 2. The topological polar surface area (TPSA) is 85.9 Å². The molecule has 1 atom stereocenters. The van der Waals surface area contributed by atoms with Crippen LogP contribution in [0.15, 0.2) is 42.5 Å². The molecule has 2 N–H and O–H groups in total. The molecular formula is C21H26N2O5. The van der Waals surface area contributed by atoms with E-state index in [1.54, 1.807) is 45.4 Å². The third-order valence-electron chi connectivity index (χ3n) is 4.00. The second kappa shape index (κ2) is 10.2. The van der Waals surface area contributed by atoms with Crippen LogP contribution in [0.3, 0.4) is 0 Å². The van der Waals surface area contributed by atoms with Gasteiger partial charge in [-0.3, -0.25) is 9.59 Å². The smallest absolute Gasteiger partial charge is 0.260 e. The lowest BCUT2D eigenvalue weighted by Crippen LogP contribution is -2.37. The monoisotopic (exact) mass is 386 g/mol. The van der Waals surface area contributed by atoms with Crippen molar-refractivity contribution in [2.75, 3.05) is 26.1 Å². The maximum Gasteiger partial charge on any atom is 0.260 e. The summed E-state index contributed by atoms with van der Waals surface area (Å²) in [6, 6.07) is 12.6. The first-order chi connectivity index (χ1) is 13.4. The molecule has 150 valence electrons. The third kappa shape index (κ3) is 6.19. The van der Waals surface area contributed by atoms with Gasteiger partial charge in [0.25, 0.3) is 5.91 Å². The van der Waals surface area contributed by atoms with Gasteiger partial charge in [-0.25, -0.2) is 0 Å². The molecule has 0 saturated carbocycles. The van der Waals surface area contributed by atoms with Crippen molar-refractivity contribution in [3.63, 3.8) is 0 Å². The highest BCUT2D eigenvalue weighted by Gasteiger charge is 2.14. The Labute approximate surface area is 165 Å². The molecule has 0 aliphatic heterocycles. The average Bonchev–Trinajstić information content (AvgIpc) is 2.67. The minimum Gasteiger partial charge on any atom is -0.493 e. The summed E-state index contributed by atoms with van der Waals surface area (Å²) in [5.41, 5.74) is 1.64. The van der Waals surface area contributed by atoms with Gasteiger partial charge in [-0.15, -0.1) is 0 Å². The number of ether oxygens (including phenoxy) is 3. The zero-order chi connectivity index (χ0) is 20.5. The maximum absolute atomic E-state index is 12.3. The number of benzene rings is 2. The van der Waals surface area contributed by atoms with Crippen molar-refractivity contribution in [1.29, 1.82) is 0 Å². The lowest BCUT2D eigenvalue weighted by atomic mass is 10.1. The zero-order valence-corrected chi connectivity index (χ0v) is 16.6. The number of nitrogens with one attached hydrogen (secondary N) is 2. The molecule has 0 spiro atoms. The van der Waals surface area contributed by atoms with E-state index < -0.39 is 6.10 Å². The van der Waals surface area contributed by atoms with E-state index >= 15 is 0 Å². The highest BCUT2D eigenvalue weighted by atomic mass is 16.5. The number of methoxy groups -OCH3 is 2. The molecular weight excluding hydrogens is 360 g/mol. The Kier molecular flexibility index (Phi) is 7.68. The SMILES string of the molecule is COc1ccc(CCNC(=O)[C@@H](C)Oc2cccc(NC(C)=O)c2)cc1OC. The van der Waals surface area contributed by atoms with Gasteiger partial charge in [0.1, 0.15) is 5.75 Å². The fourth-order valence-electron chi connectivity index (χ4n) is 2.62. The molecule has 0 heterocycles. The molecule has 2 rings (SSSR count). The van der Waals surface area contributed by atoms with Crippen molar-refractivity contribution in [3.05, 3.63) is 48.0 Å². The number of rotatable bonds is 9. The first kappa shape index (κ1) is 21.1. The Bertz CT molecular complexity index is 822. The molecule has 0 radical (unpaired) electrons. The van der Waals surface area contributed by atoms with Crippen LogP contribution in [0.5, 0.6) is 17.2 Å². The third-order valence-corrected chi connectivity index (χ3v) is 4.00. The number of anilines is 1. The Hall–Kier alpha value is -3.22. The molecule has 0 aliphatic rings. The largest absolute Gasteiger partial charge is 0.493 e. The van der Waals surface area contributed by atoms with E-state index in [0.717, 1.165) is 5.56 Å². The van der Waals surface area contributed by atoms with E-state index in [-0.39, 0.29) is 11.8 Å². The van der Waals surface area contributed by atoms with Gasteiger partial charge in [-0.1, -0.05) is 12.1 Å². The van der Waals surface area contributed by atoms with E-state index in [9.17, 15) is 9.59 Å². The van der Waals surface area contributed by atoms with Crippen LogP contribution >= 0.6 is 0 Å². The summed E-state index contributed by atoms with van der Waals surface area (Å²) >= 11 is 0. The van der Waals surface area contributed by atoms with Gasteiger partial charge in [0, 0.05) is 25.2 Å². The summed E-state index contributed by atoms with van der Waals surface area (Å²) in [4.78, 5) is 23.4. The van der Waals surface area contributed by atoms with Gasteiger partial charge >= 0.3 is 0 Å². The second-order valence-electron chi connectivity index (χ2n) is 6.20. The van der Waals surface area contributed by atoms with Crippen molar-refractivity contribution in [2.24, 2.45) is 0 Å². The lowest BCUT2D eigenvalue weighted by Gasteiger charge is -2.16. The van der Waals surface area contributed by atoms with Crippen LogP contribution < -0.4 is 24.8 Å². The molecule has 0 aromatic heterocycles. The number of carbonyl (C=O) groups excluding carboxylic acids is 2. The van der Waals surface area contributed by atoms with Crippen LogP contribution in [0, 0.1) is 0 Å². The van der Waals surface area contributed by atoms with E-state index in [1.807, 2.05) is 18.2 Å². The zero-order valence-electron chi connectivity index (χ0n) is 16.6. The summed E-state index contributed by atoms with van der Waals surface area (Å²) in [5, 5.41) is 5.54. The van der Waals surface area contributed by atoms with E-state index in [4.69, 9.17) is 14.2 Å². The predicted molar refractivity (Wildman–Crippen MR) is 107 cm³/mol. The van der Waals surface area contributed by atoms with Crippen LogP contribution in [0.1, 0.15) is 19.4 Å². The van der Waals surface area contributed by atoms with Gasteiger partial charge in [0.2, 0.25) is 5.91 Å². The molecule has 7 nitrogen and oxygen atoms in total. The standard InChI is InChI=1S/C21H26N2O5/c1-14(28-18-7-5-6-17(13-18)23-15(2)24)21(25)22-11-10-16-8-9-19(26-3)20(12-16)27-4/h5-9,12-14H,10-11H2,1-4H3,(H,22,25)(H,23,24)/t14-/m1/s1. The van der Waals surface area contributed by atoms with Gasteiger partial charge in [-0.2, -0.15) is 0 Å². The van der Waals surface area contributed by atoms with Gasteiger partial charge in [-0.05, 0) is 43.2 Å².